The van der Waals surface area contributed by atoms with Crippen LogP contribution in [-0.4, -0.2) is 111 Å². The van der Waals surface area contributed by atoms with Crippen LogP contribution in [0.1, 0.15) is 59.9 Å². The molecule has 6 aromatic carbocycles. The number of halogens is 6. The number of piperazine rings is 1. The topological polar surface area (TPSA) is 244 Å². The number of amides is 4. The van der Waals surface area contributed by atoms with Crippen molar-refractivity contribution in [3.05, 3.63) is 339 Å². The molecule has 15 rings (SSSR count). The molecule has 0 radical (unpaired) electrons. The number of pyridine rings is 6. The van der Waals surface area contributed by atoms with Crippen LogP contribution in [0.2, 0.25) is 25.2 Å². The minimum Gasteiger partial charge on any atom is -0.354 e. The number of aryl methyl sites for hydroxylation is 1. The van der Waals surface area contributed by atoms with Crippen molar-refractivity contribution in [1.82, 2.24) is 54.6 Å². The average Bonchev–Trinajstić information content (AvgIpc) is 1.78. The number of nitrogens with one attached hydrogen (secondary N) is 4. The second kappa shape index (κ2) is 37.6. The van der Waals surface area contributed by atoms with Crippen LogP contribution < -0.4 is 26.2 Å². The second-order valence-electron chi connectivity index (χ2n) is 24.7. The Hall–Kier alpha value is -12.5. The molecule has 14 aromatic rings. The molecule has 4 N–H and O–H groups in total. The summed E-state index contributed by atoms with van der Waals surface area (Å²) in [4.78, 5) is 89.7. The third-order valence-electron chi connectivity index (χ3n) is 17.3. The largest absolute Gasteiger partial charge is 0.354 e. The van der Waals surface area contributed by atoms with Crippen LogP contribution in [0.5, 0.6) is 0 Å². The van der Waals surface area contributed by atoms with Crippen LogP contribution in [0.15, 0.2) is 274 Å². The normalized spacial score (nSPS) is 11.6. The molecule has 111 heavy (non-hydrogen) atoms. The lowest BCUT2D eigenvalue weighted by molar-refractivity contribution is 0.101. The SMILES string of the molecule is CCN1CCN(c2ccc(C(=O)Nc3ccc(Cl)c(-c4ccccn4)c3)cn2)CC1.Cc1c(C(=O)Nc2ccc(Cl)c(-c3ccccn3)c2)cnn1-c1ccc(F)cc1.Cc1ncc(C(=O)Nc2ccc(Cl)c(-c3ccccn3)c2)c(-c2ccccc2)n1.O=C(Nc1ccc(Cl)c(-c2ccccn2)c1)c1ccc(Cl)nc1. The van der Waals surface area contributed by atoms with E-state index in [1.54, 1.807) is 147 Å². The summed E-state index contributed by atoms with van der Waals surface area (Å²) in [6.45, 7) is 10.8. The molecule has 0 unspecified atom stereocenters. The van der Waals surface area contributed by atoms with E-state index in [2.05, 4.69) is 83.0 Å². The first kappa shape index (κ1) is 78.1. The number of nitrogens with zero attached hydrogens (tertiary/aromatic N) is 12. The van der Waals surface area contributed by atoms with E-state index in [9.17, 15) is 23.6 Å². The summed E-state index contributed by atoms with van der Waals surface area (Å²) in [6, 6.07) is 65.9. The molecule has 1 saturated heterocycles. The maximum Gasteiger partial charge on any atom is 0.259 e. The van der Waals surface area contributed by atoms with E-state index in [-0.39, 0.29) is 29.4 Å². The summed E-state index contributed by atoms with van der Waals surface area (Å²) in [5.74, 6) is 0.101. The van der Waals surface area contributed by atoms with Crippen molar-refractivity contribution in [3.63, 3.8) is 0 Å². The molecule has 1 fully saturated rings. The van der Waals surface area contributed by atoms with Crippen molar-refractivity contribution in [2.24, 2.45) is 0 Å². The van der Waals surface area contributed by atoms with Gasteiger partial charge in [-0.1, -0.05) is 120 Å². The zero-order valence-electron chi connectivity index (χ0n) is 59.8. The quantitative estimate of drug-likeness (QED) is 0.0657. The highest BCUT2D eigenvalue weighted by Gasteiger charge is 2.22. The van der Waals surface area contributed by atoms with Gasteiger partial charge in [0.15, 0.2) is 0 Å². The fraction of sp³-hybridized carbons (Fsp3) is 0.0941. The molecule has 0 spiro atoms. The van der Waals surface area contributed by atoms with Crippen LogP contribution in [0, 0.1) is 19.7 Å². The van der Waals surface area contributed by atoms with Gasteiger partial charge in [-0.15, -0.1) is 0 Å². The van der Waals surface area contributed by atoms with E-state index < -0.39 is 0 Å². The van der Waals surface area contributed by atoms with Gasteiger partial charge in [0, 0.05) is 120 Å². The number of carbonyl (C=O) groups excluding carboxylic acids is 4. The van der Waals surface area contributed by atoms with Crippen LogP contribution >= 0.6 is 58.0 Å². The van der Waals surface area contributed by atoms with Crippen LogP contribution in [0.25, 0.3) is 62.0 Å². The monoisotopic (exact) mass is 1570 g/mol. The highest BCUT2D eigenvalue weighted by Crippen LogP contribution is 2.35. The summed E-state index contributed by atoms with van der Waals surface area (Å²) in [6.07, 6.45) is 12.9. The van der Waals surface area contributed by atoms with Gasteiger partial charge in [0.25, 0.3) is 23.6 Å². The molecular formula is C85H68Cl5FN16O4. The van der Waals surface area contributed by atoms with Gasteiger partial charge in [0.1, 0.15) is 22.6 Å². The van der Waals surface area contributed by atoms with Gasteiger partial charge in [0.05, 0.1) is 88.4 Å². The number of rotatable bonds is 16. The Labute approximate surface area is 664 Å². The van der Waals surface area contributed by atoms with Crippen molar-refractivity contribution in [2.75, 3.05) is 58.9 Å². The van der Waals surface area contributed by atoms with Gasteiger partial charge in [0.2, 0.25) is 0 Å². The van der Waals surface area contributed by atoms with E-state index in [1.165, 1.54) is 24.5 Å². The van der Waals surface area contributed by atoms with Crippen molar-refractivity contribution < 1.29 is 23.6 Å². The number of hydrogen-bond donors (Lipinski definition) is 4. The molecule has 26 heteroatoms. The Morgan fingerprint density at radius 2 is 0.838 bits per heavy atom. The van der Waals surface area contributed by atoms with Gasteiger partial charge in [-0.2, -0.15) is 5.10 Å². The van der Waals surface area contributed by atoms with E-state index in [4.69, 9.17) is 58.0 Å². The van der Waals surface area contributed by atoms with E-state index in [1.807, 2.05) is 121 Å². The van der Waals surface area contributed by atoms with E-state index in [0.29, 0.717) is 98.8 Å². The standard InChI is InChI=1S/C23H24ClN5O.C23H17ClN4O.C22H16ClFN4O.C17H11Cl2N3O/c1-2-28-11-13-29(14-12-28)22-9-6-17(16-26-22)23(30)27-18-7-8-20(24)19(15-18)21-5-3-4-10-25-21;1-15-26-14-19(22(27-15)16-7-3-2-4-8-16)23(29)28-17-10-11-20(24)18(13-17)21-9-5-6-12-25-21;1-14-19(13-26-28(14)17-8-5-15(24)6-9-17)22(29)27-16-7-10-20(23)18(12-16)21-4-2-3-11-25-21;18-14-6-5-12(9-13(14)15-3-1-2-8-20-15)22-17(23)11-4-7-16(19)21-10-11/h3-10,15-16H,2,11-14H2,1H3,(H,27,30);2-14H,1H3,(H,28,29);2-13H,1H3,(H,27,29);1-10H,(H,22,23). The van der Waals surface area contributed by atoms with Crippen LogP contribution in [0.3, 0.4) is 0 Å². The van der Waals surface area contributed by atoms with Crippen molar-refractivity contribution in [3.8, 4) is 62.0 Å². The molecule has 554 valence electrons. The molecule has 1 aliphatic rings. The van der Waals surface area contributed by atoms with Crippen LogP contribution in [-0.2, 0) is 0 Å². The van der Waals surface area contributed by atoms with E-state index >= 15 is 0 Å². The molecule has 0 atom stereocenters. The maximum absolute atomic E-state index is 13.2. The zero-order chi connectivity index (χ0) is 77.8. The van der Waals surface area contributed by atoms with Gasteiger partial charge in [-0.25, -0.2) is 29.0 Å². The smallest absolute Gasteiger partial charge is 0.259 e. The molecular weight excluding hydrogens is 1510 g/mol. The van der Waals surface area contributed by atoms with Gasteiger partial charge >= 0.3 is 0 Å². The summed E-state index contributed by atoms with van der Waals surface area (Å²) >= 11 is 30.9. The Bertz CT molecular complexity index is 5550. The van der Waals surface area contributed by atoms with Crippen molar-refractivity contribution in [1.29, 1.82) is 0 Å². The second-order valence-corrected chi connectivity index (χ2v) is 26.7. The highest BCUT2D eigenvalue weighted by molar-refractivity contribution is 6.35. The Morgan fingerprint density at radius 3 is 1.24 bits per heavy atom. The van der Waals surface area contributed by atoms with Crippen molar-refractivity contribution in [2.45, 2.75) is 20.8 Å². The minimum atomic E-state index is -0.331. The molecule has 0 aliphatic carbocycles. The molecule has 20 nitrogen and oxygen atoms in total. The summed E-state index contributed by atoms with van der Waals surface area (Å²) in [5.41, 5.74) is 12.9. The summed E-state index contributed by atoms with van der Waals surface area (Å²) < 4.78 is 14.7. The molecule has 4 amide bonds. The number of likely N-dealkylation sites (N-methyl/N-ethyl adjacent to an activating group) is 1. The van der Waals surface area contributed by atoms with Gasteiger partial charge in [-0.05, 0) is 190 Å². The molecule has 0 bridgehead atoms. The number of carbonyl (C=O) groups is 4. The van der Waals surface area contributed by atoms with E-state index in [0.717, 1.165) is 83.4 Å². The van der Waals surface area contributed by atoms with Gasteiger partial charge < -0.3 is 31.1 Å². The third kappa shape index (κ3) is 20.7. The Kier molecular flexibility index (Phi) is 26.4. The molecule has 9 heterocycles. The predicted octanol–water partition coefficient (Wildman–Crippen LogP) is 19.6. The zero-order valence-corrected chi connectivity index (χ0v) is 63.6. The first-order valence-corrected chi connectivity index (χ1v) is 36.6. The number of aromatic nitrogens is 10. The lowest BCUT2D eigenvalue weighted by Gasteiger charge is -2.34. The lowest BCUT2D eigenvalue weighted by Crippen LogP contribution is -2.46. The molecule has 0 saturated carbocycles. The number of anilines is 5. The molecule has 1 aliphatic heterocycles. The van der Waals surface area contributed by atoms with Crippen LogP contribution in [0.4, 0.5) is 33.0 Å². The number of benzene rings is 6. The number of hydrogen-bond acceptors (Lipinski definition) is 15. The van der Waals surface area contributed by atoms with Gasteiger partial charge in [-0.3, -0.25) is 39.1 Å². The first-order chi connectivity index (χ1) is 53.9. The average molecular weight is 1570 g/mol. The minimum absolute atomic E-state index is 0.209. The first-order valence-electron chi connectivity index (χ1n) is 34.8. The van der Waals surface area contributed by atoms with Crippen molar-refractivity contribution >= 4 is 110 Å². The summed E-state index contributed by atoms with van der Waals surface area (Å²) in [5, 5.41) is 18.4. The fourth-order valence-corrected chi connectivity index (χ4v) is 12.5. The lowest BCUT2D eigenvalue weighted by atomic mass is 10.1. The Balaban J connectivity index is 0.000000138. The third-order valence-corrected chi connectivity index (χ3v) is 18.9. The fourth-order valence-electron chi connectivity index (χ4n) is 11.5. The highest BCUT2D eigenvalue weighted by atomic mass is 35.5. The summed E-state index contributed by atoms with van der Waals surface area (Å²) in [7, 11) is 0. The maximum atomic E-state index is 13.2. The Morgan fingerprint density at radius 1 is 0.414 bits per heavy atom. The predicted molar refractivity (Wildman–Crippen MR) is 439 cm³/mol. The molecule has 8 aromatic heterocycles.